The van der Waals surface area contributed by atoms with Crippen molar-refractivity contribution in [3.05, 3.63) is 48.6 Å². The summed E-state index contributed by atoms with van der Waals surface area (Å²) in [5, 5.41) is 15.8. The van der Waals surface area contributed by atoms with Gasteiger partial charge in [0.1, 0.15) is 6.20 Å². The number of hydrogen-bond acceptors (Lipinski definition) is 8. The van der Waals surface area contributed by atoms with E-state index in [1.165, 1.54) is 42.8 Å². The lowest BCUT2D eigenvalue weighted by molar-refractivity contribution is -0.386. The number of thiophene rings is 1. The third kappa shape index (κ3) is 6.05. The second-order valence-electron chi connectivity index (χ2n) is 6.44. The van der Waals surface area contributed by atoms with E-state index in [0.717, 1.165) is 24.2 Å². The Hall–Kier alpha value is -1.91. The van der Waals surface area contributed by atoms with Crippen molar-refractivity contribution in [2.24, 2.45) is 0 Å². The zero-order chi connectivity index (χ0) is 19.1. The second-order valence-corrected chi connectivity index (χ2v) is 8.54. The molecule has 3 heterocycles. The smallest absolute Gasteiger partial charge is 0.352 e. The highest BCUT2D eigenvalue weighted by molar-refractivity contribution is 7.98. The van der Waals surface area contributed by atoms with E-state index in [-0.39, 0.29) is 5.95 Å². The first-order valence-electron chi connectivity index (χ1n) is 8.96. The number of aromatic amines is 1. The molecule has 0 aliphatic carbocycles. The van der Waals surface area contributed by atoms with E-state index in [2.05, 4.69) is 31.6 Å². The fraction of sp³-hybridized carbons (Fsp3) is 0.529. The second kappa shape index (κ2) is 9.86. The van der Waals surface area contributed by atoms with E-state index in [1.54, 1.807) is 11.8 Å². The zero-order valence-corrected chi connectivity index (χ0v) is 16.6. The van der Waals surface area contributed by atoms with E-state index in [1.807, 2.05) is 11.3 Å². The fourth-order valence-corrected chi connectivity index (χ4v) is 4.79. The molecule has 146 valence electrons. The van der Waals surface area contributed by atoms with Crippen LogP contribution in [0.3, 0.4) is 0 Å². The molecule has 1 aliphatic rings. The standard InChI is InChI=1S/C17H23N5O3S2/c23-16-15(22(24)25)9-19-17(20-16)18-4-7-26-11-13-8-14(27-12-13)10-21-5-2-1-3-6-21/h8-9,12H,1-7,10-11H2,(H2,18,19,20,23). The molecule has 0 bridgehead atoms. The van der Waals surface area contributed by atoms with Gasteiger partial charge < -0.3 is 5.32 Å². The van der Waals surface area contributed by atoms with Gasteiger partial charge >= 0.3 is 11.2 Å². The van der Waals surface area contributed by atoms with Crippen LogP contribution in [0.1, 0.15) is 29.7 Å². The van der Waals surface area contributed by atoms with Crippen LogP contribution in [0.15, 0.2) is 22.4 Å². The van der Waals surface area contributed by atoms with Gasteiger partial charge in [-0.25, -0.2) is 4.98 Å². The van der Waals surface area contributed by atoms with Gasteiger partial charge in [-0.05, 0) is 42.9 Å². The van der Waals surface area contributed by atoms with Crippen molar-refractivity contribution < 1.29 is 4.92 Å². The van der Waals surface area contributed by atoms with Gasteiger partial charge in [-0.1, -0.05) is 6.42 Å². The minimum Gasteiger partial charge on any atom is -0.355 e. The first-order chi connectivity index (χ1) is 13.1. The molecule has 2 aromatic rings. The number of nitrogens with one attached hydrogen (secondary N) is 2. The Morgan fingerprint density at radius 1 is 1.37 bits per heavy atom. The van der Waals surface area contributed by atoms with Crippen molar-refractivity contribution in [3.8, 4) is 0 Å². The first-order valence-corrected chi connectivity index (χ1v) is 11.0. The molecule has 0 unspecified atom stereocenters. The van der Waals surface area contributed by atoms with E-state index in [0.29, 0.717) is 6.54 Å². The number of piperidine rings is 1. The average molecular weight is 410 g/mol. The monoisotopic (exact) mass is 409 g/mol. The molecular weight excluding hydrogens is 386 g/mol. The fourth-order valence-electron chi connectivity index (χ4n) is 2.96. The molecule has 27 heavy (non-hydrogen) atoms. The maximum atomic E-state index is 11.5. The van der Waals surface area contributed by atoms with E-state index in [9.17, 15) is 14.9 Å². The Balaban J connectivity index is 1.36. The summed E-state index contributed by atoms with van der Waals surface area (Å²) in [5.74, 6) is 2.05. The molecule has 1 fully saturated rings. The summed E-state index contributed by atoms with van der Waals surface area (Å²) in [7, 11) is 0. The molecule has 1 saturated heterocycles. The minimum atomic E-state index is -0.746. The third-order valence-corrected chi connectivity index (χ3v) is 6.32. The molecule has 2 N–H and O–H groups in total. The van der Waals surface area contributed by atoms with Crippen molar-refractivity contribution >= 4 is 34.7 Å². The van der Waals surface area contributed by atoms with E-state index >= 15 is 0 Å². The number of rotatable bonds is 9. The number of thioether (sulfide) groups is 1. The van der Waals surface area contributed by atoms with Crippen molar-refractivity contribution in [1.29, 1.82) is 0 Å². The number of likely N-dealkylation sites (tertiary alicyclic amines) is 1. The lowest BCUT2D eigenvalue weighted by Gasteiger charge is -2.25. The summed E-state index contributed by atoms with van der Waals surface area (Å²) in [6.45, 7) is 4.12. The SMILES string of the molecule is O=c1[nH]c(NCCSCc2csc(CN3CCCCC3)c2)ncc1[N+](=O)[O-]. The van der Waals surface area contributed by atoms with Crippen LogP contribution < -0.4 is 10.9 Å². The molecule has 10 heteroatoms. The maximum absolute atomic E-state index is 11.5. The molecule has 2 aromatic heterocycles. The van der Waals surface area contributed by atoms with Gasteiger partial charge in [0.05, 0.1) is 4.92 Å². The van der Waals surface area contributed by atoms with Crippen molar-refractivity contribution in [1.82, 2.24) is 14.9 Å². The Bertz CT molecular complexity index is 817. The molecule has 0 atom stereocenters. The summed E-state index contributed by atoms with van der Waals surface area (Å²) in [5.41, 5.74) is 0.0521. The molecule has 1 aliphatic heterocycles. The first kappa shape index (κ1) is 19.8. The summed E-state index contributed by atoms with van der Waals surface area (Å²) >= 11 is 3.63. The Morgan fingerprint density at radius 3 is 2.93 bits per heavy atom. The van der Waals surface area contributed by atoms with Gasteiger partial charge in [0.25, 0.3) is 0 Å². The lowest BCUT2D eigenvalue weighted by atomic mass is 10.1. The molecule has 0 spiro atoms. The third-order valence-electron chi connectivity index (χ3n) is 4.32. The number of nitrogens with zero attached hydrogens (tertiary/aromatic N) is 3. The predicted molar refractivity (Wildman–Crippen MR) is 110 cm³/mol. The van der Waals surface area contributed by atoms with Crippen LogP contribution in [-0.4, -0.2) is 45.2 Å². The number of H-pyrrole nitrogens is 1. The minimum absolute atomic E-state index is 0.255. The van der Waals surface area contributed by atoms with Gasteiger partial charge in [0, 0.05) is 29.5 Å². The predicted octanol–water partition coefficient (Wildman–Crippen LogP) is 3.07. The highest BCUT2D eigenvalue weighted by Gasteiger charge is 2.13. The molecule has 8 nitrogen and oxygen atoms in total. The van der Waals surface area contributed by atoms with Crippen LogP contribution in [0.4, 0.5) is 11.6 Å². The number of aromatic nitrogens is 2. The molecule has 3 rings (SSSR count). The Labute approximate surface area is 165 Å². The van der Waals surface area contributed by atoms with Gasteiger partial charge in [-0.2, -0.15) is 11.8 Å². The van der Waals surface area contributed by atoms with Crippen molar-refractivity contribution in [2.75, 3.05) is 30.7 Å². The summed E-state index contributed by atoms with van der Waals surface area (Å²) in [6.07, 6.45) is 4.97. The van der Waals surface area contributed by atoms with Crippen LogP contribution in [0.2, 0.25) is 0 Å². The lowest BCUT2D eigenvalue weighted by Crippen LogP contribution is -2.28. The topological polar surface area (TPSA) is 104 Å². The Morgan fingerprint density at radius 2 is 2.19 bits per heavy atom. The maximum Gasteiger partial charge on any atom is 0.352 e. The van der Waals surface area contributed by atoms with Crippen LogP contribution in [-0.2, 0) is 12.3 Å². The zero-order valence-electron chi connectivity index (χ0n) is 15.0. The molecule has 0 amide bonds. The van der Waals surface area contributed by atoms with Crippen molar-refractivity contribution in [2.45, 2.75) is 31.6 Å². The van der Waals surface area contributed by atoms with Gasteiger partial charge in [-0.3, -0.25) is 24.8 Å². The van der Waals surface area contributed by atoms with E-state index in [4.69, 9.17) is 0 Å². The number of anilines is 1. The molecule has 0 aromatic carbocycles. The van der Waals surface area contributed by atoms with Gasteiger partial charge in [-0.15, -0.1) is 11.3 Å². The summed E-state index contributed by atoms with van der Waals surface area (Å²) in [4.78, 5) is 31.6. The molecule has 0 saturated carbocycles. The van der Waals surface area contributed by atoms with Gasteiger partial charge in [0.2, 0.25) is 5.95 Å². The van der Waals surface area contributed by atoms with Crippen molar-refractivity contribution in [3.63, 3.8) is 0 Å². The van der Waals surface area contributed by atoms with E-state index < -0.39 is 16.2 Å². The normalized spacial score (nSPS) is 15.0. The number of nitro groups is 1. The van der Waals surface area contributed by atoms with Crippen LogP contribution >= 0.6 is 23.1 Å². The largest absolute Gasteiger partial charge is 0.355 e. The number of hydrogen-bond donors (Lipinski definition) is 2. The van der Waals surface area contributed by atoms with Crippen LogP contribution in [0, 0.1) is 10.1 Å². The average Bonchev–Trinajstić information content (AvgIpc) is 3.09. The van der Waals surface area contributed by atoms with Gasteiger partial charge in [0.15, 0.2) is 0 Å². The highest BCUT2D eigenvalue weighted by atomic mass is 32.2. The molecular formula is C17H23N5O3S2. The summed E-state index contributed by atoms with van der Waals surface area (Å²) in [6, 6.07) is 2.30. The van der Waals surface area contributed by atoms with Crippen LogP contribution in [0.5, 0.6) is 0 Å². The highest BCUT2D eigenvalue weighted by Crippen LogP contribution is 2.22. The van der Waals surface area contributed by atoms with Crippen LogP contribution in [0.25, 0.3) is 0 Å². The molecule has 0 radical (unpaired) electrons. The summed E-state index contributed by atoms with van der Waals surface area (Å²) < 4.78 is 0. The Kier molecular flexibility index (Phi) is 7.25. The quantitative estimate of drug-likeness (QED) is 0.372.